The van der Waals surface area contributed by atoms with Gasteiger partial charge >= 0.3 is 17.7 Å². The largest absolute Gasteiger partial charge is 0.444 e. The van der Waals surface area contributed by atoms with E-state index < -0.39 is 29.3 Å². The molecule has 0 saturated carbocycles. The van der Waals surface area contributed by atoms with Crippen molar-refractivity contribution in [1.29, 1.82) is 0 Å². The van der Waals surface area contributed by atoms with E-state index >= 15 is 0 Å². The van der Waals surface area contributed by atoms with E-state index in [4.69, 9.17) is 37.1 Å². The minimum atomic E-state index is -1.17. The molecule has 168 valence electrons. The van der Waals surface area contributed by atoms with Gasteiger partial charge in [0.05, 0.1) is 5.02 Å². The lowest BCUT2D eigenvalue weighted by molar-refractivity contribution is -0.137. The predicted molar refractivity (Wildman–Crippen MR) is 121 cm³/mol. The van der Waals surface area contributed by atoms with Crippen molar-refractivity contribution in [3.05, 3.63) is 74.1 Å². The van der Waals surface area contributed by atoms with Crippen LogP contribution in [0.1, 0.15) is 37.9 Å². The molecule has 0 aliphatic carbocycles. The molecule has 9 heteroatoms. The Morgan fingerprint density at radius 1 is 1.09 bits per heavy atom. The molecule has 0 aliphatic rings. The number of alkyl carbamates (subject to hydrolysis) is 1. The Hall–Kier alpha value is -3.03. The number of benzene rings is 2. The van der Waals surface area contributed by atoms with E-state index in [2.05, 4.69) is 5.32 Å². The highest BCUT2D eigenvalue weighted by atomic mass is 35.5. The van der Waals surface area contributed by atoms with E-state index in [1.807, 2.05) is 0 Å². The van der Waals surface area contributed by atoms with Crippen LogP contribution >= 0.6 is 23.2 Å². The molecule has 3 aromatic rings. The lowest BCUT2D eigenvalue weighted by atomic mass is 10.1. The van der Waals surface area contributed by atoms with Crippen LogP contribution in [0.2, 0.25) is 10.0 Å². The Bertz CT molecular complexity index is 1230. The lowest BCUT2D eigenvalue weighted by Gasteiger charge is -2.23. The summed E-state index contributed by atoms with van der Waals surface area (Å²) in [7, 11) is 0. The molecule has 2 aromatic carbocycles. The number of hydrogen-bond donors (Lipinski definition) is 1. The third-order valence-corrected chi connectivity index (χ3v) is 5.12. The second-order valence-corrected chi connectivity index (χ2v) is 8.80. The fourth-order valence-corrected chi connectivity index (χ4v) is 3.27. The minimum absolute atomic E-state index is 0.0408. The molecule has 0 radical (unpaired) electrons. The number of amides is 1. The molecule has 1 N–H and O–H groups in total. The van der Waals surface area contributed by atoms with Gasteiger partial charge in [-0.15, -0.1) is 0 Å². The van der Waals surface area contributed by atoms with Crippen molar-refractivity contribution in [2.24, 2.45) is 0 Å². The molecule has 0 unspecified atom stereocenters. The maximum atomic E-state index is 13.0. The summed E-state index contributed by atoms with van der Waals surface area (Å²) in [6, 6.07) is 10.2. The monoisotopic (exact) mass is 477 g/mol. The molecule has 7 nitrogen and oxygen atoms in total. The quantitative estimate of drug-likeness (QED) is 0.299. The van der Waals surface area contributed by atoms with Gasteiger partial charge < -0.3 is 19.2 Å². The Labute approximate surface area is 194 Å². The van der Waals surface area contributed by atoms with E-state index in [-0.39, 0.29) is 21.4 Å². The average Bonchev–Trinajstić information content (AvgIpc) is 2.71. The van der Waals surface area contributed by atoms with Crippen molar-refractivity contribution in [1.82, 2.24) is 5.32 Å². The fourth-order valence-electron chi connectivity index (χ4n) is 2.92. The van der Waals surface area contributed by atoms with Crippen LogP contribution in [0, 0.1) is 6.92 Å². The number of nitrogens with one attached hydrogen (secondary N) is 1. The number of fused-ring (bicyclic) bond motifs is 1. The smallest absolute Gasteiger partial charge is 0.408 e. The summed E-state index contributed by atoms with van der Waals surface area (Å²) >= 11 is 12.3. The highest BCUT2D eigenvalue weighted by Crippen LogP contribution is 2.33. The lowest BCUT2D eigenvalue weighted by Crippen LogP contribution is -2.39. The van der Waals surface area contributed by atoms with E-state index in [9.17, 15) is 14.4 Å². The normalized spacial score (nSPS) is 12.3. The highest BCUT2D eigenvalue weighted by molar-refractivity contribution is 6.34. The number of carbonyl (C=O) groups is 2. The number of rotatable bonds is 4. The summed E-state index contributed by atoms with van der Waals surface area (Å²) in [6.07, 6.45) is -0.788. The third kappa shape index (κ3) is 5.41. The molecule has 1 aromatic heterocycles. The predicted octanol–water partition coefficient (Wildman–Crippen LogP) is 5.58. The van der Waals surface area contributed by atoms with Crippen molar-refractivity contribution in [3.63, 3.8) is 0 Å². The van der Waals surface area contributed by atoms with Crippen LogP contribution in [0.5, 0.6) is 5.75 Å². The summed E-state index contributed by atoms with van der Waals surface area (Å²) in [5.74, 6) is -0.850. The molecule has 32 heavy (non-hydrogen) atoms. The summed E-state index contributed by atoms with van der Waals surface area (Å²) in [5, 5.41) is 3.08. The SMILES string of the molecule is Cc1c(Cl)c(=O)oc2cc(OC(=O)[C@H](NC(=O)OC(C)(C)C)c3ccccc3)c(Cl)cc12. The van der Waals surface area contributed by atoms with Crippen molar-refractivity contribution >= 4 is 46.2 Å². The van der Waals surface area contributed by atoms with Crippen LogP contribution in [0.15, 0.2) is 51.7 Å². The van der Waals surface area contributed by atoms with Crippen molar-refractivity contribution in [2.45, 2.75) is 39.3 Å². The molecule has 1 amide bonds. The standard InChI is InChI=1S/C23H21Cl2NO6/c1-12-14-10-15(24)17(11-16(14)30-20(27)18(12)25)31-21(28)19(13-8-6-5-7-9-13)26-22(29)32-23(2,3)4/h5-11,19H,1-4H3,(H,26,29)/t19-/m1/s1. The first-order valence-corrected chi connectivity index (χ1v) is 10.4. The molecule has 0 fully saturated rings. The fraction of sp³-hybridized carbons (Fsp3) is 0.261. The van der Waals surface area contributed by atoms with E-state index in [0.717, 1.165) is 0 Å². The van der Waals surface area contributed by atoms with Gasteiger partial charge in [-0.3, -0.25) is 0 Å². The van der Waals surface area contributed by atoms with Crippen molar-refractivity contribution in [3.8, 4) is 5.75 Å². The zero-order chi connectivity index (χ0) is 23.6. The zero-order valence-electron chi connectivity index (χ0n) is 17.8. The van der Waals surface area contributed by atoms with Crippen LogP contribution in [0.3, 0.4) is 0 Å². The zero-order valence-corrected chi connectivity index (χ0v) is 19.3. The van der Waals surface area contributed by atoms with Gasteiger partial charge in [-0.1, -0.05) is 53.5 Å². The van der Waals surface area contributed by atoms with Crippen molar-refractivity contribution in [2.75, 3.05) is 0 Å². The average molecular weight is 478 g/mol. The van der Waals surface area contributed by atoms with E-state index in [1.165, 1.54) is 12.1 Å². The van der Waals surface area contributed by atoms with Crippen LogP contribution in [-0.2, 0) is 9.53 Å². The molecule has 0 aliphatic heterocycles. The highest BCUT2D eigenvalue weighted by Gasteiger charge is 2.28. The molecule has 1 atom stereocenters. The number of carbonyl (C=O) groups excluding carboxylic acids is 2. The molecule has 0 spiro atoms. The summed E-state index contributed by atoms with van der Waals surface area (Å²) in [6.45, 7) is 6.78. The van der Waals surface area contributed by atoms with E-state index in [1.54, 1.807) is 58.0 Å². The summed E-state index contributed by atoms with van der Waals surface area (Å²) in [5.41, 5.74) is -0.348. The molecule has 0 bridgehead atoms. The Morgan fingerprint density at radius 2 is 1.75 bits per heavy atom. The van der Waals surface area contributed by atoms with Crippen LogP contribution in [-0.4, -0.2) is 17.7 Å². The Balaban J connectivity index is 1.94. The number of halogens is 2. The number of aryl methyl sites for hydroxylation is 1. The van der Waals surface area contributed by atoms with Gasteiger partial charge in [-0.2, -0.15) is 0 Å². The second-order valence-electron chi connectivity index (χ2n) is 8.02. The van der Waals surface area contributed by atoms with Crippen LogP contribution in [0.25, 0.3) is 11.0 Å². The van der Waals surface area contributed by atoms with Gasteiger partial charge in [0.25, 0.3) is 0 Å². The van der Waals surface area contributed by atoms with Gasteiger partial charge in [0.2, 0.25) is 0 Å². The number of ether oxygens (including phenoxy) is 2. The molecule has 1 heterocycles. The van der Waals surface area contributed by atoms with Gasteiger partial charge in [0, 0.05) is 11.5 Å². The van der Waals surface area contributed by atoms with Crippen LogP contribution < -0.4 is 15.7 Å². The number of esters is 1. The van der Waals surface area contributed by atoms with Crippen LogP contribution in [0.4, 0.5) is 4.79 Å². The van der Waals surface area contributed by atoms with Crippen molar-refractivity contribution < 1.29 is 23.5 Å². The minimum Gasteiger partial charge on any atom is -0.444 e. The Morgan fingerprint density at radius 3 is 2.38 bits per heavy atom. The maximum absolute atomic E-state index is 13.0. The topological polar surface area (TPSA) is 94.8 Å². The van der Waals surface area contributed by atoms with Gasteiger partial charge in [-0.25, -0.2) is 14.4 Å². The van der Waals surface area contributed by atoms with Gasteiger partial charge in [0.1, 0.15) is 16.2 Å². The Kier molecular flexibility index (Phi) is 6.81. The molecule has 0 saturated heterocycles. The molecular formula is C23H21Cl2NO6. The first-order chi connectivity index (χ1) is 15.0. The summed E-state index contributed by atoms with van der Waals surface area (Å²) in [4.78, 5) is 37.2. The molecular weight excluding hydrogens is 457 g/mol. The van der Waals surface area contributed by atoms with Gasteiger partial charge in [0.15, 0.2) is 11.8 Å². The number of hydrogen-bond acceptors (Lipinski definition) is 6. The first-order valence-electron chi connectivity index (χ1n) is 9.65. The van der Waals surface area contributed by atoms with E-state index in [0.29, 0.717) is 16.5 Å². The third-order valence-electron chi connectivity index (χ3n) is 4.39. The molecule has 3 rings (SSSR count). The first kappa shape index (κ1) is 23.6. The van der Waals surface area contributed by atoms with Gasteiger partial charge in [-0.05, 0) is 44.9 Å². The summed E-state index contributed by atoms with van der Waals surface area (Å²) < 4.78 is 15.9. The maximum Gasteiger partial charge on any atom is 0.408 e. The second kappa shape index (κ2) is 9.22.